The molecule has 1 unspecified atom stereocenters. The molecule has 15 heavy (non-hydrogen) atoms. The number of nitriles is 1. The Labute approximate surface area is 88.3 Å². The fourth-order valence-electron chi connectivity index (χ4n) is 1.30. The number of benzene rings is 1. The molecule has 4 heteroatoms. The highest BCUT2D eigenvalue weighted by Crippen LogP contribution is 2.22. The minimum Gasteiger partial charge on any atom is -0.494 e. The Morgan fingerprint density at radius 2 is 2.33 bits per heavy atom. The molecule has 0 bridgehead atoms. The van der Waals surface area contributed by atoms with Crippen molar-refractivity contribution in [2.45, 2.75) is 18.9 Å². The lowest BCUT2D eigenvalue weighted by atomic mass is 10.0. The van der Waals surface area contributed by atoms with Crippen LogP contribution in [0.4, 0.5) is 4.39 Å². The molecule has 0 spiro atoms. The molecule has 0 aliphatic rings. The van der Waals surface area contributed by atoms with E-state index >= 15 is 0 Å². The minimum atomic E-state index is -0.428. The fourth-order valence-corrected chi connectivity index (χ4v) is 1.30. The van der Waals surface area contributed by atoms with Crippen LogP contribution in [0.25, 0.3) is 0 Å². The van der Waals surface area contributed by atoms with Gasteiger partial charge in [0.25, 0.3) is 0 Å². The van der Waals surface area contributed by atoms with Gasteiger partial charge in [0, 0.05) is 12.5 Å². The van der Waals surface area contributed by atoms with E-state index in [1.54, 1.807) is 6.07 Å². The van der Waals surface area contributed by atoms with Crippen LogP contribution < -0.4 is 10.5 Å². The van der Waals surface area contributed by atoms with Crippen molar-refractivity contribution in [3.8, 4) is 11.8 Å². The van der Waals surface area contributed by atoms with Crippen molar-refractivity contribution in [1.29, 1.82) is 5.26 Å². The lowest BCUT2D eigenvalue weighted by Gasteiger charge is -2.11. The molecule has 0 saturated heterocycles. The van der Waals surface area contributed by atoms with E-state index < -0.39 is 5.82 Å². The van der Waals surface area contributed by atoms with Crippen LogP contribution in [0, 0.1) is 17.1 Å². The molecule has 0 aliphatic carbocycles. The van der Waals surface area contributed by atoms with Crippen LogP contribution in [0.1, 0.15) is 24.4 Å². The number of rotatable bonds is 4. The van der Waals surface area contributed by atoms with Crippen LogP contribution in [0.2, 0.25) is 0 Å². The summed E-state index contributed by atoms with van der Waals surface area (Å²) in [7, 11) is 1.41. The molecule has 0 fully saturated rings. The van der Waals surface area contributed by atoms with Crippen molar-refractivity contribution in [2.24, 2.45) is 5.73 Å². The second-order valence-corrected chi connectivity index (χ2v) is 3.20. The number of hydrogen-bond acceptors (Lipinski definition) is 3. The molecule has 3 nitrogen and oxygen atoms in total. The van der Waals surface area contributed by atoms with Gasteiger partial charge in [-0.25, -0.2) is 4.39 Å². The molecule has 1 rings (SSSR count). The summed E-state index contributed by atoms with van der Waals surface area (Å²) in [5, 5.41) is 8.40. The zero-order valence-electron chi connectivity index (χ0n) is 8.53. The average Bonchev–Trinajstić information content (AvgIpc) is 2.25. The zero-order valence-corrected chi connectivity index (χ0v) is 8.53. The van der Waals surface area contributed by atoms with E-state index in [1.807, 2.05) is 6.07 Å². The first-order valence-corrected chi connectivity index (χ1v) is 4.65. The standard InChI is InChI=1S/C11H13FN2O/c1-15-11-5-4-8(7-9(11)12)10(14)3-2-6-13/h4-5,7,10H,2-3,14H2,1H3. The molecule has 0 aromatic heterocycles. The van der Waals surface area contributed by atoms with E-state index in [4.69, 9.17) is 15.7 Å². The quantitative estimate of drug-likeness (QED) is 0.824. The summed E-state index contributed by atoms with van der Waals surface area (Å²) in [5.74, 6) is -0.228. The van der Waals surface area contributed by atoms with Gasteiger partial charge >= 0.3 is 0 Å². The lowest BCUT2D eigenvalue weighted by molar-refractivity contribution is 0.385. The first-order chi connectivity index (χ1) is 7.19. The second-order valence-electron chi connectivity index (χ2n) is 3.20. The van der Waals surface area contributed by atoms with Crippen LogP contribution in [0.15, 0.2) is 18.2 Å². The predicted molar refractivity (Wildman–Crippen MR) is 54.7 cm³/mol. The summed E-state index contributed by atoms with van der Waals surface area (Å²) in [5.41, 5.74) is 6.47. The normalized spacial score (nSPS) is 11.9. The fraction of sp³-hybridized carbons (Fsp3) is 0.364. The molecule has 0 aliphatic heterocycles. The van der Waals surface area contributed by atoms with Gasteiger partial charge in [-0.05, 0) is 24.1 Å². The summed E-state index contributed by atoms with van der Waals surface area (Å²) in [6.45, 7) is 0. The van der Waals surface area contributed by atoms with Gasteiger partial charge in [0.2, 0.25) is 0 Å². The van der Waals surface area contributed by atoms with Crippen molar-refractivity contribution in [1.82, 2.24) is 0 Å². The van der Waals surface area contributed by atoms with Crippen molar-refractivity contribution < 1.29 is 9.13 Å². The molecule has 1 aromatic carbocycles. The van der Waals surface area contributed by atoms with Crippen molar-refractivity contribution in [2.75, 3.05) is 7.11 Å². The highest BCUT2D eigenvalue weighted by atomic mass is 19.1. The van der Waals surface area contributed by atoms with E-state index in [-0.39, 0.29) is 11.8 Å². The Kier molecular flexibility index (Phi) is 4.07. The minimum absolute atomic E-state index is 0.200. The predicted octanol–water partition coefficient (Wildman–Crippen LogP) is 2.14. The number of ether oxygens (including phenoxy) is 1. The Bertz CT molecular complexity index is 373. The summed E-state index contributed by atoms with van der Waals surface area (Å²) in [6.07, 6.45) is 0.900. The first-order valence-electron chi connectivity index (χ1n) is 4.65. The number of methoxy groups -OCH3 is 1. The van der Waals surface area contributed by atoms with Gasteiger partial charge in [0.15, 0.2) is 11.6 Å². The SMILES string of the molecule is COc1ccc(C(N)CCC#N)cc1F. The topological polar surface area (TPSA) is 59.0 Å². The maximum atomic E-state index is 13.3. The third-order valence-electron chi connectivity index (χ3n) is 2.17. The van der Waals surface area contributed by atoms with Gasteiger partial charge in [-0.3, -0.25) is 0 Å². The molecule has 1 atom stereocenters. The Morgan fingerprint density at radius 1 is 1.60 bits per heavy atom. The highest BCUT2D eigenvalue weighted by Gasteiger charge is 2.09. The van der Waals surface area contributed by atoms with Crippen molar-refractivity contribution in [3.63, 3.8) is 0 Å². The number of hydrogen-bond donors (Lipinski definition) is 1. The summed E-state index contributed by atoms with van der Waals surface area (Å²) < 4.78 is 18.1. The molecule has 2 N–H and O–H groups in total. The molecule has 1 aromatic rings. The Balaban J connectivity index is 2.79. The number of nitrogens with two attached hydrogens (primary N) is 1. The van der Waals surface area contributed by atoms with Gasteiger partial charge in [-0.15, -0.1) is 0 Å². The largest absolute Gasteiger partial charge is 0.494 e. The maximum absolute atomic E-state index is 13.3. The van der Waals surface area contributed by atoms with Crippen LogP contribution in [-0.4, -0.2) is 7.11 Å². The van der Waals surface area contributed by atoms with E-state index in [9.17, 15) is 4.39 Å². The lowest BCUT2D eigenvalue weighted by Crippen LogP contribution is -2.10. The number of halogens is 1. The van der Waals surface area contributed by atoms with Gasteiger partial charge in [0.1, 0.15) is 0 Å². The third-order valence-corrected chi connectivity index (χ3v) is 2.17. The number of nitrogens with zero attached hydrogens (tertiary/aromatic N) is 1. The average molecular weight is 208 g/mol. The third kappa shape index (κ3) is 2.93. The maximum Gasteiger partial charge on any atom is 0.165 e. The highest BCUT2D eigenvalue weighted by molar-refractivity contribution is 5.30. The molecular weight excluding hydrogens is 195 g/mol. The molecule has 0 radical (unpaired) electrons. The van der Waals surface area contributed by atoms with Crippen LogP contribution in [0.5, 0.6) is 5.75 Å². The Hall–Kier alpha value is -1.60. The molecule has 0 amide bonds. The Morgan fingerprint density at radius 3 is 2.87 bits per heavy atom. The van der Waals surface area contributed by atoms with Gasteiger partial charge < -0.3 is 10.5 Å². The van der Waals surface area contributed by atoms with Crippen molar-refractivity contribution in [3.05, 3.63) is 29.6 Å². The van der Waals surface area contributed by atoms with E-state index in [0.29, 0.717) is 18.4 Å². The van der Waals surface area contributed by atoms with Gasteiger partial charge in [-0.1, -0.05) is 6.07 Å². The van der Waals surface area contributed by atoms with E-state index in [1.165, 1.54) is 19.2 Å². The first kappa shape index (κ1) is 11.5. The van der Waals surface area contributed by atoms with E-state index in [0.717, 1.165) is 0 Å². The van der Waals surface area contributed by atoms with Crippen LogP contribution in [0.3, 0.4) is 0 Å². The van der Waals surface area contributed by atoms with Crippen LogP contribution >= 0.6 is 0 Å². The second kappa shape index (κ2) is 5.32. The monoisotopic (exact) mass is 208 g/mol. The van der Waals surface area contributed by atoms with E-state index in [2.05, 4.69) is 0 Å². The molecule has 0 heterocycles. The van der Waals surface area contributed by atoms with Crippen molar-refractivity contribution >= 4 is 0 Å². The molecular formula is C11H13FN2O. The van der Waals surface area contributed by atoms with Gasteiger partial charge in [0.05, 0.1) is 13.2 Å². The zero-order chi connectivity index (χ0) is 11.3. The van der Waals surface area contributed by atoms with Gasteiger partial charge in [-0.2, -0.15) is 5.26 Å². The molecule has 80 valence electrons. The van der Waals surface area contributed by atoms with Crippen LogP contribution in [-0.2, 0) is 0 Å². The molecule has 0 saturated carbocycles. The smallest absolute Gasteiger partial charge is 0.165 e. The summed E-state index contributed by atoms with van der Waals surface area (Å²) in [6, 6.07) is 6.31. The summed E-state index contributed by atoms with van der Waals surface area (Å²) >= 11 is 0. The summed E-state index contributed by atoms with van der Waals surface area (Å²) in [4.78, 5) is 0.